The molecule has 4 aliphatic rings. The van der Waals surface area contributed by atoms with Crippen LogP contribution in [0.5, 0.6) is 0 Å². The Labute approximate surface area is 178 Å². The molecule has 0 aromatic heterocycles. The average molecular weight is 420 g/mol. The van der Waals surface area contributed by atoms with Crippen molar-refractivity contribution in [2.45, 2.75) is 25.5 Å². The predicted molar refractivity (Wildman–Crippen MR) is 114 cm³/mol. The Morgan fingerprint density at radius 2 is 1.52 bits per heavy atom. The first-order valence-electron chi connectivity index (χ1n) is 9.59. The Hall–Kier alpha value is -1.42. The minimum atomic E-state index is -1.63. The lowest BCUT2D eigenvalue weighted by Gasteiger charge is -2.21. The van der Waals surface area contributed by atoms with Crippen LogP contribution < -0.4 is 0 Å². The molecule has 3 fully saturated rings. The first-order chi connectivity index (χ1) is 13.2. The maximum absolute atomic E-state index is 12.4. The standard InChI is InChI=1S/C12H13N3O2.C6H15BO3S.B/c16-9-7-8(13-1-2-13)12(17)11(15-5-6-15)10(9)14-3-4-14;1-6(2,3)11-5-4-10-7(8)9;/h7H,1-6H2;8-9H,4-5H2,1-3H3;. The van der Waals surface area contributed by atoms with Crippen LogP contribution >= 0.6 is 11.8 Å². The maximum Gasteiger partial charge on any atom is 0.633 e. The van der Waals surface area contributed by atoms with E-state index in [0.717, 1.165) is 45.0 Å². The number of ketones is 2. The molecule has 0 unspecified atom stereocenters. The molecule has 29 heavy (non-hydrogen) atoms. The lowest BCUT2D eigenvalue weighted by Crippen LogP contribution is -2.29. The van der Waals surface area contributed by atoms with Crippen LogP contribution in [0.15, 0.2) is 23.2 Å². The van der Waals surface area contributed by atoms with Gasteiger partial charge in [-0.05, 0) is 0 Å². The minimum Gasteiger partial charge on any atom is -0.402 e. The van der Waals surface area contributed by atoms with Crippen molar-refractivity contribution in [3.8, 4) is 0 Å². The number of hydrogen-bond donors (Lipinski definition) is 2. The second-order valence-corrected chi connectivity index (χ2v) is 9.96. The lowest BCUT2D eigenvalue weighted by atomic mass is 10.0. The summed E-state index contributed by atoms with van der Waals surface area (Å²) < 4.78 is 4.74. The monoisotopic (exact) mass is 420 g/mol. The van der Waals surface area contributed by atoms with Gasteiger partial charge in [0, 0.05) is 70.9 Å². The van der Waals surface area contributed by atoms with Gasteiger partial charge in [0.2, 0.25) is 11.6 Å². The summed E-state index contributed by atoms with van der Waals surface area (Å²) in [5.41, 5.74) is 1.89. The fourth-order valence-electron chi connectivity index (χ4n) is 2.78. The van der Waals surface area contributed by atoms with Crippen molar-refractivity contribution in [2.24, 2.45) is 0 Å². The van der Waals surface area contributed by atoms with Crippen LogP contribution in [0.1, 0.15) is 20.8 Å². The molecule has 1 aliphatic carbocycles. The number of thioether (sulfide) groups is 1. The molecule has 0 spiro atoms. The minimum absolute atomic E-state index is 0. The highest BCUT2D eigenvalue weighted by Crippen LogP contribution is 2.33. The van der Waals surface area contributed by atoms with Crippen molar-refractivity contribution in [1.29, 1.82) is 0 Å². The van der Waals surface area contributed by atoms with E-state index in [2.05, 4.69) is 25.4 Å². The molecule has 0 bridgehead atoms. The second-order valence-electron chi connectivity index (χ2n) is 8.04. The quantitative estimate of drug-likeness (QED) is 0.240. The van der Waals surface area contributed by atoms with E-state index in [-0.39, 0.29) is 24.7 Å². The highest BCUT2D eigenvalue weighted by atomic mass is 32.2. The van der Waals surface area contributed by atoms with Gasteiger partial charge in [0.1, 0.15) is 11.4 Å². The highest BCUT2D eigenvalue weighted by Gasteiger charge is 2.43. The van der Waals surface area contributed by atoms with Crippen molar-refractivity contribution < 1.29 is 24.3 Å². The molecule has 157 valence electrons. The summed E-state index contributed by atoms with van der Waals surface area (Å²) in [6.07, 6.45) is 1.52. The SMILES string of the molecule is CC(C)(C)SCCOB(O)O.O=C1C=C(N2CC2)C(=O)C(N2CC2)=C1N1CC1.[B]. The first-order valence-corrected chi connectivity index (χ1v) is 10.6. The van der Waals surface area contributed by atoms with Crippen LogP contribution in [0.4, 0.5) is 0 Å². The van der Waals surface area contributed by atoms with E-state index in [4.69, 9.17) is 10.0 Å². The molecule has 2 N–H and O–H groups in total. The normalized spacial score (nSPS) is 20.0. The number of Topliss-reactive ketones (excluding diaryl/α,β-unsaturated/α-hetero) is 1. The molecule has 0 aromatic carbocycles. The number of carbonyl (C=O) groups excluding carboxylic acids is 2. The molecule has 3 saturated heterocycles. The van der Waals surface area contributed by atoms with Gasteiger partial charge in [-0.3, -0.25) is 9.59 Å². The zero-order valence-corrected chi connectivity index (χ0v) is 18.1. The van der Waals surface area contributed by atoms with Crippen molar-refractivity contribution in [2.75, 3.05) is 51.6 Å². The summed E-state index contributed by atoms with van der Waals surface area (Å²) in [5.74, 6) is 0.827. The van der Waals surface area contributed by atoms with E-state index < -0.39 is 7.32 Å². The Balaban J connectivity index is 0.000000222. The molecule has 0 saturated carbocycles. The molecule has 3 aliphatic heterocycles. The zero-order chi connectivity index (χ0) is 20.5. The largest absolute Gasteiger partial charge is 0.633 e. The van der Waals surface area contributed by atoms with Crippen molar-refractivity contribution >= 4 is 39.1 Å². The molecule has 0 atom stereocenters. The lowest BCUT2D eigenvalue weighted by molar-refractivity contribution is -0.117. The zero-order valence-electron chi connectivity index (χ0n) is 17.3. The third-order valence-electron chi connectivity index (χ3n) is 4.37. The van der Waals surface area contributed by atoms with Gasteiger partial charge in [-0.15, -0.1) is 0 Å². The number of hydrogen-bond acceptors (Lipinski definition) is 9. The average Bonchev–Trinajstić information content (AvgIpc) is 3.47. The molecular formula is C18H28B2N3O5S. The van der Waals surface area contributed by atoms with Gasteiger partial charge in [-0.1, -0.05) is 20.8 Å². The number of allylic oxidation sites excluding steroid dienone is 1. The van der Waals surface area contributed by atoms with E-state index >= 15 is 0 Å². The fraction of sp³-hybridized carbons (Fsp3) is 0.667. The van der Waals surface area contributed by atoms with Crippen LogP contribution in [0, 0.1) is 0 Å². The van der Waals surface area contributed by atoms with Gasteiger partial charge in [0.25, 0.3) is 0 Å². The second kappa shape index (κ2) is 9.59. The summed E-state index contributed by atoms with van der Waals surface area (Å²) in [6, 6.07) is 0. The summed E-state index contributed by atoms with van der Waals surface area (Å²) >= 11 is 1.73. The van der Waals surface area contributed by atoms with Crippen molar-refractivity contribution in [3.05, 3.63) is 23.2 Å². The van der Waals surface area contributed by atoms with Crippen molar-refractivity contribution in [3.63, 3.8) is 0 Å². The van der Waals surface area contributed by atoms with Crippen molar-refractivity contribution in [1.82, 2.24) is 14.7 Å². The molecule has 11 heteroatoms. The van der Waals surface area contributed by atoms with Gasteiger partial charge in [0.15, 0.2) is 0 Å². The highest BCUT2D eigenvalue weighted by molar-refractivity contribution is 8.00. The summed E-state index contributed by atoms with van der Waals surface area (Å²) in [5, 5.41) is 16.6. The van der Waals surface area contributed by atoms with Crippen LogP contribution in [-0.2, 0) is 14.2 Å². The van der Waals surface area contributed by atoms with Crippen LogP contribution in [0.3, 0.4) is 0 Å². The molecular weight excluding hydrogens is 392 g/mol. The van der Waals surface area contributed by atoms with Gasteiger partial charge >= 0.3 is 7.32 Å². The number of carbonyl (C=O) groups is 2. The van der Waals surface area contributed by atoms with E-state index in [1.165, 1.54) is 6.08 Å². The number of nitrogens with zero attached hydrogens (tertiary/aromatic N) is 3. The van der Waals surface area contributed by atoms with Gasteiger partial charge in [0.05, 0.1) is 5.70 Å². The van der Waals surface area contributed by atoms with Crippen LogP contribution in [-0.4, -0.2) is 108 Å². The maximum atomic E-state index is 12.4. The fourth-order valence-corrected chi connectivity index (χ4v) is 3.57. The molecule has 3 heterocycles. The first kappa shape index (κ1) is 23.9. The Kier molecular flexibility index (Phi) is 7.89. The Bertz CT molecular complexity index is 696. The molecule has 3 radical (unpaired) electrons. The van der Waals surface area contributed by atoms with Gasteiger partial charge in [-0.2, -0.15) is 11.8 Å². The van der Waals surface area contributed by atoms with Gasteiger partial charge in [-0.25, -0.2) is 0 Å². The van der Waals surface area contributed by atoms with E-state index in [1.807, 2.05) is 14.7 Å². The predicted octanol–water partition coefficient (Wildman–Crippen LogP) is -0.696. The van der Waals surface area contributed by atoms with Crippen LogP contribution in [0.2, 0.25) is 0 Å². The molecule has 4 rings (SSSR count). The molecule has 0 amide bonds. The topological polar surface area (TPSA) is 92.9 Å². The van der Waals surface area contributed by atoms with Crippen LogP contribution in [0.25, 0.3) is 0 Å². The summed E-state index contributed by atoms with van der Waals surface area (Å²) in [6.45, 7) is 12.1. The molecule has 0 aromatic rings. The smallest absolute Gasteiger partial charge is 0.402 e. The van der Waals surface area contributed by atoms with E-state index in [1.54, 1.807) is 11.8 Å². The van der Waals surface area contributed by atoms with E-state index in [0.29, 0.717) is 23.7 Å². The third-order valence-corrected chi connectivity index (χ3v) is 5.61. The summed E-state index contributed by atoms with van der Waals surface area (Å²) in [7, 11) is -1.63. The van der Waals surface area contributed by atoms with E-state index in [9.17, 15) is 9.59 Å². The van der Waals surface area contributed by atoms with Gasteiger partial charge < -0.3 is 29.4 Å². The number of rotatable bonds is 7. The molecule has 8 nitrogen and oxygen atoms in total. The third kappa shape index (κ3) is 7.09. The Morgan fingerprint density at radius 3 is 1.97 bits per heavy atom. The Morgan fingerprint density at radius 1 is 1.00 bits per heavy atom. The summed E-state index contributed by atoms with van der Waals surface area (Å²) in [4.78, 5) is 30.5.